The quantitative estimate of drug-likeness (QED) is 0.923. The van der Waals surface area contributed by atoms with Crippen LogP contribution >= 0.6 is 15.9 Å². The molecule has 0 aliphatic rings. The molecule has 0 aromatic heterocycles. The number of nitrogens with two attached hydrogens (primary N) is 1. The Hall–Kier alpha value is -0.870. The highest BCUT2D eigenvalue weighted by molar-refractivity contribution is 9.10. The molecule has 0 bridgehead atoms. The Balaban J connectivity index is 2.73. The maximum atomic E-state index is 12.0. The highest BCUT2D eigenvalue weighted by atomic mass is 79.9. The molecule has 16 heavy (non-hydrogen) atoms. The average molecular weight is 285 g/mol. The van der Waals surface area contributed by atoms with E-state index in [-0.39, 0.29) is 11.8 Å². The van der Waals surface area contributed by atoms with Crippen LogP contribution in [0.2, 0.25) is 0 Å². The third-order valence-electron chi connectivity index (χ3n) is 2.57. The van der Waals surface area contributed by atoms with Crippen LogP contribution < -0.4 is 10.6 Å². The van der Waals surface area contributed by atoms with Gasteiger partial charge in [-0.3, -0.25) is 4.79 Å². The van der Waals surface area contributed by atoms with Crippen LogP contribution in [-0.4, -0.2) is 19.5 Å². The largest absolute Gasteiger partial charge is 0.330 e. The van der Waals surface area contributed by atoms with Gasteiger partial charge in [-0.15, -0.1) is 0 Å². The van der Waals surface area contributed by atoms with Gasteiger partial charge in [0.05, 0.1) is 0 Å². The predicted molar refractivity (Wildman–Crippen MR) is 70.4 cm³/mol. The number of hydrogen-bond acceptors (Lipinski definition) is 2. The second-order valence-electron chi connectivity index (χ2n) is 3.85. The number of hydrogen-bond donors (Lipinski definition) is 1. The van der Waals surface area contributed by atoms with Crippen molar-refractivity contribution in [2.75, 3.05) is 18.5 Å². The van der Waals surface area contributed by atoms with E-state index in [2.05, 4.69) is 15.9 Å². The van der Waals surface area contributed by atoms with Crippen LogP contribution in [0, 0.1) is 5.92 Å². The van der Waals surface area contributed by atoms with Crippen molar-refractivity contribution in [1.29, 1.82) is 0 Å². The SMILES string of the molecule is CC(CCN)C(=O)N(C)c1ccc(Br)cc1. The highest BCUT2D eigenvalue weighted by Crippen LogP contribution is 2.19. The van der Waals surface area contributed by atoms with E-state index in [1.54, 1.807) is 11.9 Å². The van der Waals surface area contributed by atoms with Crippen molar-refractivity contribution in [1.82, 2.24) is 0 Å². The zero-order chi connectivity index (χ0) is 12.1. The molecular weight excluding hydrogens is 268 g/mol. The minimum absolute atomic E-state index is 0.0290. The van der Waals surface area contributed by atoms with Crippen LogP contribution in [0.25, 0.3) is 0 Å². The van der Waals surface area contributed by atoms with Crippen molar-refractivity contribution >= 4 is 27.5 Å². The van der Waals surface area contributed by atoms with Crippen LogP contribution in [0.1, 0.15) is 13.3 Å². The lowest BCUT2D eigenvalue weighted by molar-refractivity contribution is -0.121. The van der Waals surface area contributed by atoms with Crippen LogP contribution in [-0.2, 0) is 4.79 Å². The van der Waals surface area contributed by atoms with E-state index < -0.39 is 0 Å². The Morgan fingerprint density at radius 1 is 1.44 bits per heavy atom. The number of rotatable bonds is 4. The Bertz CT molecular complexity index is 351. The molecule has 3 nitrogen and oxygen atoms in total. The van der Waals surface area contributed by atoms with Gasteiger partial charge in [-0.1, -0.05) is 22.9 Å². The maximum absolute atomic E-state index is 12.0. The molecule has 1 amide bonds. The van der Waals surface area contributed by atoms with Crippen LogP contribution in [0.15, 0.2) is 28.7 Å². The molecule has 1 aromatic carbocycles. The Morgan fingerprint density at radius 3 is 2.50 bits per heavy atom. The molecular formula is C12H17BrN2O. The third kappa shape index (κ3) is 3.32. The zero-order valence-electron chi connectivity index (χ0n) is 9.61. The Morgan fingerprint density at radius 2 is 2.00 bits per heavy atom. The Labute approximate surface area is 105 Å². The van der Waals surface area contributed by atoms with Gasteiger partial charge in [-0.25, -0.2) is 0 Å². The Kier molecular flexibility index (Phi) is 4.96. The first-order chi connectivity index (χ1) is 7.56. The second kappa shape index (κ2) is 6.01. The summed E-state index contributed by atoms with van der Waals surface area (Å²) >= 11 is 3.37. The molecule has 1 rings (SSSR count). The molecule has 88 valence electrons. The van der Waals surface area contributed by atoms with E-state index in [9.17, 15) is 4.79 Å². The van der Waals surface area contributed by atoms with Gasteiger partial charge in [0.25, 0.3) is 0 Å². The molecule has 4 heteroatoms. The molecule has 0 fully saturated rings. The number of benzene rings is 1. The lowest BCUT2D eigenvalue weighted by Crippen LogP contribution is -2.32. The van der Waals surface area contributed by atoms with E-state index in [1.165, 1.54) is 0 Å². The summed E-state index contributed by atoms with van der Waals surface area (Å²) < 4.78 is 1.01. The van der Waals surface area contributed by atoms with E-state index >= 15 is 0 Å². The zero-order valence-corrected chi connectivity index (χ0v) is 11.2. The van der Waals surface area contributed by atoms with Crippen molar-refractivity contribution in [2.24, 2.45) is 11.7 Å². The number of carbonyl (C=O) groups excluding carboxylic acids is 1. The van der Waals surface area contributed by atoms with Crippen molar-refractivity contribution in [2.45, 2.75) is 13.3 Å². The van der Waals surface area contributed by atoms with Gasteiger partial charge in [0.1, 0.15) is 0 Å². The summed E-state index contributed by atoms with van der Waals surface area (Å²) in [6, 6.07) is 7.67. The molecule has 0 aliphatic heterocycles. The summed E-state index contributed by atoms with van der Waals surface area (Å²) in [5.74, 6) is 0.0754. The normalized spacial score (nSPS) is 12.2. The molecule has 0 heterocycles. The topological polar surface area (TPSA) is 46.3 Å². The van der Waals surface area contributed by atoms with Gasteiger partial charge in [-0.2, -0.15) is 0 Å². The molecule has 0 saturated carbocycles. The van der Waals surface area contributed by atoms with E-state index in [1.807, 2.05) is 31.2 Å². The summed E-state index contributed by atoms with van der Waals surface area (Å²) in [5.41, 5.74) is 6.35. The standard InChI is InChI=1S/C12H17BrN2O/c1-9(7-8-14)12(16)15(2)11-5-3-10(13)4-6-11/h3-6,9H,7-8,14H2,1-2H3. The van der Waals surface area contributed by atoms with Crippen molar-refractivity contribution in [3.8, 4) is 0 Å². The molecule has 0 radical (unpaired) electrons. The summed E-state index contributed by atoms with van der Waals surface area (Å²) in [4.78, 5) is 13.7. The molecule has 0 spiro atoms. The lowest BCUT2D eigenvalue weighted by atomic mass is 10.1. The van der Waals surface area contributed by atoms with E-state index in [0.717, 1.165) is 16.6 Å². The first kappa shape index (κ1) is 13.2. The molecule has 1 aromatic rings. The van der Waals surface area contributed by atoms with Gasteiger partial charge in [0.2, 0.25) is 5.91 Å². The van der Waals surface area contributed by atoms with Gasteiger partial charge < -0.3 is 10.6 Å². The van der Waals surface area contributed by atoms with Gasteiger partial charge in [0.15, 0.2) is 0 Å². The number of carbonyl (C=O) groups is 1. The van der Waals surface area contributed by atoms with Gasteiger partial charge in [-0.05, 0) is 37.2 Å². The summed E-state index contributed by atoms with van der Waals surface area (Å²) in [7, 11) is 1.79. The fourth-order valence-electron chi connectivity index (χ4n) is 1.50. The van der Waals surface area contributed by atoms with Crippen LogP contribution in [0.5, 0.6) is 0 Å². The molecule has 1 atom stereocenters. The molecule has 2 N–H and O–H groups in total. The van der Waals surface area contributed by atoms with Crippen molar-refractivity contribution < 1.29 is 4.79 Å². The maximum Gasteiger partial charge on any atom is 0.229 e. The summed E-state index contributed by atoms with van der Waals surface area (Å²) in [6.07, 6.45) is 0.722. The molecule has 0 aliphatic carbocycles. The predicted octanol–water partition coefficient (Wildman–Crippen LogP) is 2.40. The smallest absolute Gasteiger partial charge is 0.229 e. The summed E-state index contributed by atoms with van der Waals surface area (Å²) in [6.45, 7) is 2.45. The molecule has 1 unspecified atom stereocenters. The lowest BCUT2D eigenvalue weighted by Gasteiger charge is -2.21. The third-order valence-corrected chi connectivity index (χ3v) is 3.09. The van der Waals surface area contributed by atoms with Crippen molar-refractivity contribution in [3.63, 3.8) is 0 Å². The minimum atomic E-state index is -0.0290. The average Bonchev–Trinajstić information content (AvgIpc) is 2.28. The number of halogens is 1. The minimum Gasteiger partial charge on any atom is -0.330 e. The fourth-order valence-corrected chi connectivity index (χ4v) is 1.76. The highest BCUT2D eigenvalue weighted by Gasteiger charge is 2.17. The first-order valence-electron chi connectivity index (χ1n) is 5.29. The second-order valence-corrected chi connectivity index (χ2v) is 4.77. The number of anilines is 1. The van der Waals surface area contributed by atoms with Crippen molar-refractivity contribution in [3.05, 3.63) is 28.7 Å². The summed E-state index contributed by atoms with van der Waals surface area (Å²) in [5, 5.41) is 0. The fraction of sp³-hybridized carbons (Fsp3) is 0.417. The molecule has 0 saturated heterocycles. The van der Waals surface area contributed by atoms with E-state index in [4.69, 9.17) is 5.73 Å². The van der Waals surface area contributed by atoms with Crippen LogP contribution in [0.3, 0.4) is 0 Å². The van der Waals surface area contributed by atoms with Gasteiger partial charge in [0, 0.05) is 23.1 Å². The van der Waals surface area contributed by atoms with E-state index in [0.29, 0.717) is 6.54 Å². The van der Waals surface area contributed by atoms with Gasteiger partial charge >= 0.3 is 0 Å². The monoisotopic (exact) mass is 284 g/mol. The number of amides is 1. The first-order valence-corrected chi connectivity index (χ1v) is 6.08. The number of nitrogens with zero attached hydrogens (tertiary/aromatic N) is 1. The van der Waals surface area contributed by atoms with Crippen LogP contribution in [0.4, 0.5) is 5.69 Å².